The van der Waals surface area contributed by atoms with Gasteiger partial charge in [-0.3, -0.25) is 4.79 Å². The van der Waals surface area contributed by atoms with E-state index in [2.05, 4.69) is 28.2 Å². The number of nitrogens with one attached hydrogen (secondary N) is 1. The third-order valence-electron chi connectivity index (χ3n) is 5.63. The van der Waals surface area contributed by atoms with Gasteiger partial charge < -0.3 is 14.3 Å². The Balaban J connectivity index is 1.49. The number of hydrogen-bond donors (Lipinski definition) is 1. The molecule has 1 aliphatic rings. The minimum absolute atomic E-state index is 0.0733. The molecule has 0 unspecified atom stereocenters. The summed E-state index contributed by atoms with van der Waals surface area (Å²) >= 11 is 1.66. The van der Waals surface area contributed by atoms with Crippen molar-refractivity contribution in [1.82, 2.24) is 9.88 Å². The van der Waals surface area contributed by atoms with Crippen LogP contribution < -0.4 is 5.32 Å². The van der Waals surface area contributed by atoms with Gasteiger partial charge in [-0.1, -0.05) is 18.2 Å². The number of aliphatic imine (C=N–C) groups is 1. The maximum atomic E-state index is 13.1. The highest BCUT2D eigenvalue weighted by Gasteiger charge is 2.25. The van der Waals surface area contributed by atoms with E-state index in [4.69, 9.17) is 9.41 Å². The van der Waals surface area contributed by atoms with Gasteiger partial charge in [0, 0.05) is 40.8 Å². The predicted molar refractivity (Wildman–Crippen MR) is 121 cm³/mol. The van der Waals surface area contributed by atoms with Gasteiger partial charge in [0.05, 0.1) is 18.4 Å². The van der Waals surface area contributed by atoms with Crippen LogP contribution in [0.3, 0.4) is 0 Å². The molecule has 1 amide bonds. The Morgan fingerprint density at radius 2 is 2.10 bits per heavy atom. The number of carbonyl (C=O) groups is 1. The minimum Gasteiger partial charge on any atom is -0.467 e. The van der Waals surface area contributed by atoms with Crippen molar-refractivity contribution in [2.75, 3.05) is 0 Å². The summed E-state index contributed by atoms with van der Waals surface area (Å²) in [5, 5.41) is 4.96. The van der Waals surface area contributed by atoms with Gasteiger partial charge >= 0.3 is 0 Å². The average molecular weight is 418 g/mol. The summed E-state index contributed by atoms with van der Waals surface area (Å²) in [6.07, 6.45) is 9.86. The van der Waals surface area contributed by atoms with E-state index in [1.165, 1.54) is 22.4 Å². The monoisotopic (exact) mass is 417 g/mol. The van der Waals surface area contributed by atoms with Crippen LogP contribution in [0.4, 0.5) is 5.00 Å². The third-order valence-corrected chi connectivity index (χ3v) is 6.83. The highest BCUT2D eigenvalue weighted by atomic mass is 32.1. The molecule has 5 rings (SSSR count). The molecule has 6 heteroatoms. The predicted octanol–water partition coefficient (Wildman–Crippen LogP) is 5.39. The zero-order chi connectivity index (χ0) is 20.5. The van der Waals surface area contributed by atoms with Gasteiger partial charge in [0.15, 0.2) is 0 Å². The molecule has 1 N–H and O–H groups in total. The van der Waals surface area contributed by atoms with Gasteiger partial charge in [-0.2, -0.15) is 0 Å². The average Bonchev–Trinajstić information content (AvgIpc) is 3.48. The lowest BCUT2D eigenvalue weighted by atomic mass is 9.95. The van der Waals surface area contributed by atoms with E-state index < -0.39 is 0 Å². The molecule has 152 valence electrons. The van der Waals surface area contributed by atoms with Crippen LogP contribution in [-0.4, -0.2) is 16.7 Å². The summed E-state index contributed by atoms with van der Waals surface area (Å²) in [7, 11) is 2.04. The Hall–Kier alpha value is -3.12. The summed E-state index contributed by atoms with van der Waals surface area (Å²) in [6.45, 7) is 0.378. The quantitative estimate of drug-likeness (QED) is 0.443. The first-order valence-corrected chi connectivity index (χ1v) is 11.1. The lowest BCUT2D eigenvalue weighted by Gasteiger charge is -2.12. The van der Waals surface area contributed by atoms with Crippen LogP contribution in [0.5, 0.6) is 0 Å². The van der Waals surface area contributed by atoms with Gasteiger partial charge in [-0.05, 0) is 49.4 Å². The summed E-state index contributed by atoms with van der Waals surface area (Å²) in [5.74, 6) is 0.670. The van der Waals surface area contributed by atoms with E-state index in [0.717, 1.165) is 46.5 Å². The van der Waals surface area contributed by atoms with E-state index in [1.54, 1.807) is 17.6 Å². The first-order valence-electron chi connectivity index (χ1n) is 10.2. The second kappa shape index (κ2) is 7.95. The first kappa shape index (κ1) is 18.9. The van der Waals surface area contributed by atoms with Crippen molar-refractivity contribution in [3.05, 3.63) is 76.2 Å². The standard InChI is InChI=1S/C24H23N3O2S/c1-27-15-16(18-8-2-4-10-20(18)27)13-26-24-22(19-9-3-5-11-21(19)30-24)23(28)25-14-17-7-6-12-29-17/h2,4,6-8,10,12-13,15H,3,5,9,11,14H2,1H3,(H,25,28). The molecule has 0 fully saturated rings. The molecule has 1 aliphatic carbocycles. The Kier molecular flexibility index (Phi) is 5.01. The van der Waals surface area contributed by atoms with Crippen molar-refractivity contribution in [3.63, 3.8) is 0 Å². The molecular formula is C24H23N3O2S. The van der Waals surface area contributed by atoms with Crippen molar-refractivity contribution in [2.24, 2.45) is 12.0 Å². The second-order valence-electron chi connectivity index (χ2n) is 7.62. The number of amides is 1. The van der Waals surface area contributed by atoms with Gasteiger partial charge in [0.1, 0.15) is 10.8 Å². The fourth-order valence-electron chi connectivity index (χ4n) is 4.15. The summed E-state index contributed by atoms with van der Waals surface area (Å²) < 4.78 is 7.45. The SMILES string of the molecule is Cn1cc(C=Nc2sc3c(c2C(=O)NCc2ccco2)CCCC3)c2ccccc21. The zero-order valence-electron chi connectivity index (χ0n) is 16.9. The highest BCUT2D eigenvalue weighted by Crippen LogP contribution is 2.40. The van der Waals surface area contributed by atoms with Crippen molar-refractivity contribution in [2.45, 2.75) is 32.2 Å². The second-order valence-corrected chi connectivity index (χ2v) is 8.71. The number of aryl methyl sites for hydroxylation is 2. The minimum atomic E-state index is -0.0733. The molecule has 5 nitrogen and oxygen atoms in total. The Morgan fingerprint density at radius 1 is 1.23 bits per heavy atom. The molecule has 3 aromatic heterocycles. The van der Waals surface area contributed by atoms with Crippen LogP contribution in [0.25, 0.3) is 10.9 Å². The molecule has 1 aromatic carbocycles. The summed E-state index contributed by atoms with van der Waals surface area (Å²) in [5.41, 5.74) is 4.13. The van der Waals surface area contributed by atoms with Crippen molar-refractivity contribution in [3.8, 4) is 0 Å². The number of aromatic nitrogens is 1. The molecule has 0 atom stereocenters. The van der Waals surface area contributed by atoms with E-state index in [9.17, 15) is 4.79 Å². The van der Waals surface area contributed by atoms with Crippen LogP contribution in [-0.2, 0) is 26.4 Å². The number of thiophene rings is 1. The molecule has 0 saturated carbocycles. The van der Waals surface area contributed by atoms with Gasteiger partial charge in [-0.25, -0.2) is 4.99 Å². The van der Waals surface area contributed by atoms with Crippen molar-refractivity contribution >= 4 is 39.4 Å². The van der Waals surface area contributed by atoms with Crippen LogP contribution in [0.15, 0.2) is 58.3 Å². The molecule has 30 heavy (non-hydrogen) atoms. The van der Waals surface area contributed by atoms with E-state index in [1.807, 2.05) is 37.5 Å². The number of fused-ring (bicyclic) bond motifs is 2. The Labute approximate surface area is 179 Å². The van der Waals surface area contributed by atoms with Crippen LogP contribution in [0.2, 0.25) is 0 Å². The van der Waals surface area contributed by atoms with Gasteiger partial charge in [0.2, 0.25) is 0 Å². The molecular weight excluding hydrogens is 394 g/mol. The van der Waals surface area contributed by atoms with Crippen LogP contribution >= 0.6 is 11.3 Å². The largest absolute Gasteiger partial charge is 0.467 e. The third kappa shape index (κ3) is 3.48. The fraction of sp³-hybridized carbons (Fsp3) is 0.250. The zero-order valence-corrected chi connectivity index (χ0v) is 17.7. The summed E-state index contributed by atoms with van der Waals surface area (Å²) in [4.78, 5) is 19.2. The molecule has 3 heterocycles. The molecule has 4 aromatic rings. The highest BCUT2D eigenvalue weighted by molar-refractivity contribution is 7.16. The molecule has 0 spiro atoms. The normalized spacial score (nSPS) is 13.8. The lowest BCUT2D eigenvalue weighted by molar-refractivity contribution is 0.0948. The first-order chi connectivity index (χ1) is 14.7. The number of nitrogens with zero attached hydrogens (tertiary/aromatic N) is 2. The van der Waals surface area contributed by atoms with Crippen LogP contribution in [0.1, 0.15) is 45.0 Å². The van der Waals surface area contributed by atoms with Crippen molar-refractivity contribution < 1.29 is 9.21 Å². The van der Waals surface area contributed by atoms with Crippen molar-refractivity contribution in [1.29, 1.82) is 0 Å². The molecule has 0 bridgehead atoms. The number of carbonyl (C=O) groups excluding carboxylic acids is 1. The number of furan rings is 1. The topological polar surface area (TPSA) is 59.5 Å². The number of benzene rings is 1. The van der Waals surface area contributed by atoms with E-state index >= 15 is 0 Å². The molecule has 0 saturated heterocycles. The maximum Gasteiger partial charge on any atom is 0.255 e. The van der Waals surface area contributed by atoms with E-state index in [-0.39, 0.29) is 5.91 Å². The maximum absolute atomic E-state index is 13.1. The van der Waals surface area contributed by atoms with Crippen LogP contribution in [0, 0.1) is 0 Å². The smallest absolute Gasteiger partial charge is 0.255 e. The number of rotatable bonds is 5. The fourth-order valence-corrected chi connectivity index (χ4v) is 5.38. The van der Waals surface area contributed by atoms with E-state index in [0.29, 0.717) is 6.54 Å². The number of hydrogen-bond acceptors (Lipinski definition) is 4. The lowest BCUT2D eigenvalue weighted by Crippen LogP contribution is -2.23. The molecule has 0 radical (unpaired) electrons. The number of para-hydroxylation sites is 1. The van der Waals surface area contributed by atoms with Gasteiger partial charge in [-0.15, -0.1) is 11.3 Å². The Bertz CT molecular complexity index is 1230. The Morgan fingerprint density at radius 3 is 2.97 bits per heavy atom. The molecule has 0 aliphatic heterocycles. The van der Waals surface area contributed by atoms with Gasteiger partial charge in [0.25, 0.3) is 5.91 Å². The summed E-state index contributed by atoms with van der Waals surface area (Å²) in [6, 6.07) is 12.0.